The average molecular weight is 270 g/mol. The van der Waals surface area contributed by atoms with Gasteiger partial charge in [0.25, 0.3) is 0 Å². The molecule has 9 heteroatoms. The lowest BCUT2D eigenvalue weighted by Gasteiger charge is -2.39. The molecule has 0 amide bonds. The van der Waals surface area contributed by atoms with E-state index in [1.165, 1.54) is 0 Å². The van der Waals surface area contributed by atoms with Gasteiger partial charge in [0.05, 0.1) is 12.4 Å². The molecular weight excluding hydrogens is 261 g/mol. The van der Waals surface area contributed by atoms with Crippen molar-refractivity contribution in [1.29, 1.82) is 0 Å². The van der Waals surface area contributed by atoms with Crippen molar-refractivity contribution in [2.75, 3.05) is 18.0 Å². The molecule has 1 saturated heterocycles. The van der Waals surface area contributed by atoms with Crippen LogP contribution in [0.5, 0.6) is 0 Å². The van der Waals surface area contributed by atoms with Gasteiger partial charge in [0.2, 0.25) is 0 Å². The summed E-state index contributed by atoms with van der Waals surface area (Å²) in [6.07, 6.45) is -0.395. The summed E-state index contributed by atoms with van der Waals surface area (Å²) >= 11 is 0. The summed E-state index contributed by atoms with van der Waals surface area (Å²) < 4.78 is 37.6. The fraction of sp³-hybridized carbons (Fsp3) is 0.400. The second-order valence-electron chi connectivity index (χ2n) is 4.17. The topological polar surface area (TPSA) is 59.7 Å². The van der Waals surface area contributed by atoms with Crippen molar-refractivity contribution in [3.05, 3.63) is 30.5 Å². The van der Waals surface area contributed by atoms with E-state index in [1.807, 2.05) is 0 Å². The highest BCUT2D eigenvalue weighted by Gasteiger charge is 2.35. The predicted molar refractivity (Wildman–Crippen MR) is 58.3 cm³/mol. The van der Waals surface area contributed by atoms with Crippen molar-refractivity contribution < 1.29 is 13.2 Å². The Bertz CT molecular complexity index is 561. The van der Waals surface area contributed by atoms with E-state index in [0.29, 0.717) is 13.1 Å². The monoisotopic (exact) mass is 270 g/mol. The average Bonchev–Trinajstić information content (AvgIpc) is 2.80. The zero-order valence-electron chi connectivity index (χ0n) is 9.62. The van der Waals surface area contributed by atoms with Gasteiger partial charge in [0, 0.05) is 19.2 Å². The lowest BCUT2D eigenvalue weighted by molar-refractivity contribution is -0.141. The van der Waals surface area contributed by atoms with Crippen LogP contribution < -0.4 is 4.90 Å². The van der Waals surface area contributed by atoms with Gasteiger partial charge in [-0.25, -0.2) is 9.97 Å². The Morgan fingerprint density at radius 2 is 1.79 bits per heavy atom. The van der Waals surface area contributed by atoms with E-state index in [0.717, 1.165) is 12.4 Å². The Balaban J connectivity index is 1.72. The Kier molecular flexibility index (Phi) is 2.61. The van der Waals surface area contributed by atoms with E-state index in [4.69, 9.17) is 0 Å². The van der Waals surface area contributed by atoms with Gasteiger partial charge in [-0.05, 0) is 0 Å². The maximum Gasteiger partial charge on any atom is 0.433 e. The van der Waals surface area contributed by atoms with Gasteiger partial charge in [-0.2, -0.15) is 28.2 Å². The van der Waals surface area contributed by atoms with Crippen molar-refractivity contribution in [3.8, 4) is 0 Å². The van der Waals surface area contributed by atoms with Crippen LogP contribution in [0.2, 0.25) is 0 Å². The highest BCUT2D eigenvalue weighted by molar-refractivity contribution is 5.42. The zero-order valence-corrected chi connectivity index (χ0v) is 9.62. The maximum absolute atomic E-state index is 12.5. The smallest absolute Gasteiger partial charge is 0.352 e. The number of alkyl halides is 3. The third-order valence-electron chi connectivity index (χ3n) is 2.89. The summed E-state index contributed by atoms with van der Waals surface area (Å²) in [5.74, 6) is 0.269. The molecule has 0 aliphatic carbocycles. The van der Waals surface area contributed by atoms with Gasteiger partial charge in [-0.1, -0.05) is 0 Å². The minimum absolute atomic E-state index is 0.0688. The van der Waals surface area contributed by atoms with Crippen LogP contribution in [0.25, 0.3) is 0 Å². The number of hydrogen-bond acceptors (Lipinski definition) is 5. The lowest BCUT2D eigenvalue weighted by Crippen LogP contribution is -2.49. The third-order valence-corrected chi connectivity index (χ3v) is 2.89. The molecule has 3 heterocycles. The second-order valence-corrected chi connectivity index (χ2v) is 4.17. The van der Waals surface area contributed by atoms with E-state index >= 15 is 0 Å². The van der Waals surface area contributed by atoms with E-state index in [1.54, 1.807) is 22.1 Å². The summed E-state index contributed by atoms with van der Waals surface area (Å²) in [7, 11) is 0. The van der Waals surface area contributed by atoms with Gasteiger partial charge >= 0.3 is 6.18 Å². The van der Waals surface area contributed by atoms with Crippen molar-refractivity contribution in [2.45, 2.75) is 12.2 Å². The SMILES string of the molecule is FC(F)(F)c1cc(N2CC(n3nccn3)C2)ncn1. The molecule has 1 aliphatic rings. The van der Waals surface area contributed by atoms with E-state index in [9.17, 15) is 13.2 Å². The largest absolute Gasteiger partial charge is 0.433 e. The van der Waals surface area contributed by atoms with Crippen LogP contribution in [0.15, 0.2) is 24.8 Å². The summed E-state index contributed by atoms with van der Waals surface area (Å²) in [6, 6.07) is 1.02. The summed E-state index contributed by atoms with van der Waals surface area (Å²) in [6.45, 7) is 1.06. The third kappa shape index (κ3) is 2.23. The van der Waals surface area contributed by atoms with Gasteiger partial charge in [-0.3, -0.25) is 0 Å². The van der Waals surface area contributed by atoms with Crippen LogP contribution in [0, 0.1) is 0 Å². The van der Waals surface area contributed by atoms with Crippen LogP contribution in [0.3, 0.4) is 0 Å². The molecule has 0 saturated carbocycles. The molecular formula is C10H9F3N6. The number of anilines is 1. The fourth-order valence-corrected chi connectivity index (χ4v) is 1.88. The molecule has 1 fully saturated rings. The number of aromatic nitrogens is 5. The Morgan fingerprint density at radius 1 is 1.11 bits per heavy atom. The van der Waals surface area contributed by atoms with Crippen LogP contribution in [-0.2, 0) is 6.18 Å². The maximum atomic E-state index is 12.5. The van der Waals surface area contributed by atoms with Gasteiger partial charge in [-0.15, -0.1) is 0 Å². The number of hydrogen-bond donors (Lipinski definition) is 0. The van der Waals surface area contributed by atoms with Crippen molar-refractivity contribution in [2.24, 2.45) is 0 Å². The first-order chi connectivity index (χ1) is 9.04. The Labute approximate surface area is 105 Å². The highest BCUT2D eigenvalue weighted by atomic mass is 19.4. The van der Waals surface area contributed by atoms with Crippen molar-refractivity contribution in [1.82, 2.24) is 25.0 Å². The summed E-state index contributed by atoms with van der Waals surface area (Å²) in [4.78, 5) is 10.4. The molecule has 0 radical (unpaired) electrons. The van der Waals surface area contributed by atoms with Crippen LogP contribution >= 0.6 is 0 Å². The molecule has 3 rings (SSSR count). The zero-order chi connectivity index (χ0) is 13.5. The molecule has 0 N–H and O–H groups in total. The molecule has 0 atom stereocenters. The Morgan fingerprint density at radius 3 is 2.42 bits per heavy atom. The van der Waals surface area contributed by atoms with Gasteiger partial charge in [0.15, 0.2) is 0 Å². The Hall–Kier alpha value is -2.19. The first-order valence-corrected chi connectivity index (χ1v) is 5.54. The summed E-state index contributed by atoms with van der Waals surface area (Å²) in [5.41, 5.74) is -0.932. The molecule has 2 aromatic rings. The molecule has 2 aromatic heterocycles. The number of halogens is 3. The first-order valence-electron chi connectivity index (χ1n) is 5.54. The number of rotatable bonds is 2. The van der Waals surface area contributed by atoms with Crippen molar-refractivity contribution >= 4 is 5.82 Å². The second kappa shape index (κ2) is 4.18. The lowest BCUT2D eigenvalue weighted by atomic mass is 10.1. The molecule has 0 unspecified atom stereocenters. The van der Waals surface area contributed by atoms with Crippen LogP contribution in [0.1, 0.15) is 11.7 Å². The molecule has 0 spiro atoms. The molecule has 100 valence electrons. The first kappa shape index (κ1) is 11.9. The molecule has 0 aromatic carbocycles. The normalized spacial score (nSPS) is 16.5. The van der Waals surface area contributed by atoms with E-state index in [-0.39, 0.29) is 11.9 Å². The molecule has 6 nitrogen and oxygen atoms in total. The number of nitrogens with zero attached hydrogens (tertiary/aromatic N) is 6. The van der Waals surface area contributed by atoms with Gasteiger partial charge in [0.1, 0.15) is 23.9 Å². The molecule has 19 heavy (non-hydrogen) atoms. The highest BCUT2D eigenvalue weighted by Crippen LogP contribution is 2.31. The van der Waals surface area contributed by atoms with Crippen LogP contribution in [-0.4, -0.2) is 38.1 Å². The molecule has 1 aliphatic heterocycles. The minimum atomic E-state index is -4.45. The standard InChI is InChI=1S/C10H9F3N6/c11-10(12,13)8-3-9(15-6-14-8)18-4-7(5-18)19-16-1-2-17-19/h1-3,6-7H,4-5H2. The fourth-order valence-electron chi connectivity index (χ4n) is 1.88. The summed E-state index contributed by atoms with van der Waals surface area (Å²) in [5, 5.41) is 7.98. The predicted octanol–water partition coefficient (Wildman–Crippen LogP) is 1.15. The van der Waals surface area contributed by atoms with Crippen molar-refractivity contribution in [3.63, 3.8) is 0 Å². The van der Waals surface area contributed by atoms with E-state index in [2.05, 4.69) is 20.2 Å². The van der Waals surface area contributed by atoms with Crippen LogP contribution in [0.4, 0.5) is 19.0 Å². The quantitative estimate of drug-likeness (QED) is 0.819. The van der Waals surface area contributed by atoms with E-state index < -0.39 is 11.9 Å². The molecule has 0 bridgehead atoms. The minimum Gasteiger partial charge on any atom is -0.352 e. The van der Waals surface area contributed by atoms with Gasteiger partial charge < -0.3 is 4.90 Å².